The number of nitrogens with zero attached hydrogens (tertiary/aromatic N) is 2. The minimum absolute atomic E-state index is 0.0974. The van der Waals surface area contributed by atoms with Crippen LogP contribution in [0.25, 0.3) is 0 Å². The number of hydrazone groups is 1. The Kier molecular flexibility index (Phi) is 4.82. The number of hydrogen-bond donors (Lipinski definition) is 1. The number of ether oxygens (including phenoxy) is 1. The number of hydrogen-bond acceptors (Lipinski definition) is 6. The Hall–Kier alpha value is -0.690. The van der Waals surface area contributed by atoms with Crippen LogP contribution in [0.2, 0.25) is 0 Å². The first kappa shape index (κ1) is 17.7. The predicted molar refractivity (Wildman–Crippen MR) is 101 cm³/mol. The number of thioether (sulfide) groups is 1. The molecule has 5 aliphatic rings. The molecule has 4 fully saturated rings. The summed E-state index contributed by atoms with van der Waals surface area (Å²) < 4.78 is 5.21. The monoisotopic (exact) mass is 382 g/mol. The molecule has 0 radical (unpaired) electrons. The van der Waals surface area contributed by atoms with Crippen molar-refractivity contribution in [2.75, 3.05) is 12.4 Å². The van der Waals surface area contributed by atoms with E-state index in [0.717, 1.165) is 22.8 Å². The van der Waals surface area contributed by atoms with Crippen LogP contribution in [0.5, 0.6) is 0 Å². The van der Waals surface area contributed by atoms with Crippen LogP contribution in [-0.4, -0.2) is 39.7 Å². The molecule has 25 heavy (non-hydrogen) atoms. The normalized spacial score (nSPS) is 38.8. The van der Waals surface area contributed by atoms with E-state index in [1.807, 2.05) is 0 Å². The number of rotatable bonds is 5. The summed E-state index contributed by atoms with van der Waals surface area (Å²) in [6.07, 6.45) is 7.90. The maximum absolute atomic E-state index is 12.5. The van der Waals surface area contributed by atoms with Crippen molar-refractivity contribution in [1.82, 2.24) is 5.01 Å². The van der Waals surface area contributed by atoms with Gasteiger partial charge in [0, 0.05) is 11.8 Å². The van der Waals surface area contributed by atoms with Gasteiger partial charge in [-0.25, -0.2) is 9.80 Å². The second-order valence-electron chi connectivity index (χ2n) is 8.04. The van der Waals surface area contributed by atoms with Gasteiger partial charge in [-0.15, -0.1) is 0 Å². The summed E-state index contributed by atoms with van der Waals surface area (Å²) in [4.78, 5) is 24.9. The number of carbonyl (C=O) groups excluding carboxylic acids is 2. The van der Waals surface area contributed by atoms with E-state index in [2.05, 4.69) is 12.6 Å². The molecule has 138 valence electrons. The smallest absolute Gasteiger partial charge is 0.341 e. The zero-order valence-electron chi connectivity index (χ0n) is 14.6. The Morgan fingerprint density at radius 2 is 1.84 bits per heavy atom. The van der Waals surface area contributed by atoms with Gasteiger partial charge in [0.2, 0.25) is 11.3 Å². The van der Waals surface area contributed by atoms with Gasteiger partial charge in [0.1, 0.15) is 5.04 Å². The van der Waals surface area contributed by atoms with Crippen molar-refractivity contribution in [3.05, 3.63) is 0 Å². The molecule has 1 amide bonds. The lowest BCUT2D eigenvalue weighted by Crippen LogP contribution is -2.49. The molecule has 0 aromatic heterocycles. The highest BCUT2D eigenvalue weighted by Crippen LogP contribution is 2.62. The molecule has 7 heteroatoms. The maximum Gasteiger partial charge on any atom is 0.341 e. The molecule has 4 bridgehead atoms. The summed E-state index contributed by atoms with van der Waals surface area (Å²) in [5.41, 5.74) is 0.0974. The molecule has 0 saturated heterocycles. The quantitative estimate of drug-likeness (QED) is 0.585. The molecule has 1 aliphatic heterocycles. The van der Waals surface area contributed by atoms with Crippen molar-refractivity contribution in [2.24, 2.45) is 28.3 Å². The van der Waals surface area contributed by atoms with Crippen molar-refractivity contribution in [3.8, 4) is 0 Å². The number of carbonyl (C=O) groups is 2. The molecule has 1 atom stereocenters. The molecular formula is C18H26N2O3S2. The van der Waals surface area contributed by atoms with Crippen LogP contribution in [0.15, 0.2) is 5.10 Å². The fourth-order valence-electron chi connectivity index (χ4n) is 5.69. The van der Waals surface area contributed by atoms with Crippen LogP contribution in [0, 0.1) is 23.2 Å². The third-order valence-electron chi connectivity index (χ3n) is 6.21. The Labute approximate surface area is 158 Å². The van der Waals surface area contributed by atoms with Gasteiger partial charge in [-0.1, -0.05) is 11.8 Å². The highest BCUT2D eigenvalue weighted by atomic mass is 32.2. The molecule has 1 unspecified atom stereocenters. The van der Waals surface area contributed by atoms with Gasteiger partial charge in [0.05, 0.1) is 6.61 Å². The zero-order chi connectivity index (χ0) is 17.6. The van der Waals surface area contributed by atoms with Crippen LogP contribution < -0.4 is 0 Å². The standard InChI is InChI=1S/C18H26N2O3S2/c1-2-23-16(22)15-20(14(21)3-4-24)19-17(25-15)18-8-11-5-12(9-18)7-13(6-11)10-18/h11-13,15,24H,2-10H2,1H3. The molecule has 4 aliphatic carbocycles. The van der Waals surface area contributed by atoms with Gasteiger partial charge in [-0.2, -0.15) is 17.7 Å². The predicted octanol–water partition coefficient (Wildman–Crippen LogP) is 3.30. The van der Waals surface area contributed by atoms with Crippen LogP contribution in [0.4, 0.5) is 0 Å². The first-order valence-corrected chi connectivity index (χ1v) is 10.9. The van der Waals surface area contributed by atoms with E-state index in [1.165, 1.54) is 55.3 Å². The van der Waals surface area contributed by atoms with E-state index in [1.54, 1.807) is 6.92 Å². The molecular weight excluding hydrogens is 356 g/mol. The van der Waals surface area contributed by atoms with Crippen LogP contribution in [0.3, 0.4) is 0 Å². The third kappa shape index (κ3) is 3.11. The van der Waals surface area contributed by atoms with Crippen LogP contribution in [0.1, 0.15) is 51.9 Å². The molecule has 4 saturated carbocycles. The number of esters is 1. The van der Waals surface area contributed by atoms with E-state index in [4.69, 9.17) is 9.84 Å². The Morgan fingerprint density at radius 1 is 1.24 bits per heavy atom. The van der Waals surface area contributed by atoms with Crippen molar-refractivity contribution >= 4 is 41.3 Å². The summed E-state index contributed by atoms with van der Waals surface area (Å²) in [7, 11) is 0. The summed E-state index contributed by atoms with van der Waals surface area (Å²) in [5, 5.41) is 6.45. The molecule has 0 spiro atoms. The largest absolute Gasteiger partial charge is 0.464 e. The molecule has 0 aromatic rings. The van der Waals surface area contributed by atoms with Gasteiger partial charge in [0.15, 0.2) is 0 Å². The molecule has 5 rings (SSSR count). The Morgan fingerprint density at radius 3 is 2.36 bits per heavy atom. The van der Waals surface area contributed by atoms with E-state index < -0.39 is 5.37 Å². The molecule has 0 N–H and O–H groups in total. The molecule has 5 nitrogen and oxygen atoms in total. The zero-order valence-corrected chi connectivity index (χ0v) is 16.4. The lowest BCUT2D eigenvalue weighted by molar-refractivity contribution is -0.150. The third-order valence-corrected chi connectivity index (χ3v) is 7.78. The van der Waals surface area contributed by atoms with E-state index >= 15 is 0 Å². The highest BCUT2D eigenvalue weighted by Gasteiger charge is 2.56. The number of amides is 1. The fourth-order valence-corrected chi connectivity index (χ4v) is 7.16. The number of thiol groups is 1. The SMILES string of the molecule is CCOC(=O)C1SC(C23CC4CC(CC(C4)C2)C3)=NN1C(=O)CCS. The summed E-state index contributed by atoms with van der Waals surface area (Å²) in [6, 6.07) is 0. The maximum atomic E-state index is 12.5. The lowest BCUT2D eigenvalue weighted by atomic mass is 9.50. The van der Waals surface area contributed by atoms with Crippen molar-refractivity contribution in [3.63, 3.8) is 0 Å². The first-order chi connectivity index (χ1) is 12.0. The topological polar surface area (TPSA) is 59.0 Å². The fraction of sp³-hybridized carbons (Fsp3) is 0.833. The van der Waals surface area contributed by atoms with E-state index in [0.29, 0.717) is 12.4 Å². The van der Waals surface area contributed by atoms with Gasteiger partial charge in [0.25, 0.3) is 0 Å². The molecule has 1 heterocycles. The summed E-state index contributed by atoms with van der Waals surface area (Å²) in [5.74, 6) is 2.37. The average molecular weight is 383 g/mol. The van der Waals surface area contributed by atoms with Gasteiger partial charge >= 0.3 is 5.97 Å². The van der Waals surface area contributed by atoms with Crippen molar-refractivity contribution in [2.45, 2.75) is 57.2 Å². The second kappa shape index (κ2) is 6.80. The summed E-state index contributed by atoms with van der Waals surface area (Å²) in [6.45, 7) is 2.11. The van der Waals surface area contributed by atoms with Gasteiger partial charge < -0.3 is 4.74 Å². The minimum Gasteiger partial charge on any atom is -0.464 e. The summed E-state index contributed by atoms with van der Waals surface area (Å²) >= 11 is 5.62. The second-order valence-corrected chi connectivity index (χ2v) is 9.55. The average Bonchev–Trinajstić information content (AvgIpc) is 3.00. The van der Waals surface area contributed by atoms with Gasteiger partial charge in [-0.05, 0) is 69.0 Å². The van der Waals surface area contributed by atoms with Crippen molar-refractivity contribution < 1.29 is 14.3 Å². The van der Waals surface area contributed by atoms with Gasteiger partial charge in [-0.3, -0.25) is 4.79 Å². The van der Waals surface area contributed by atoms with Crippen LogP contribution in [-0.2, 0) is 14.3 Å². The lowest BCUT2D eigenvalue weighted by Gasteiger charge is -2.56. The Bertz CT molecular complexity index is 572. The Balaban J connectivity index is 1.60. The first-order valence-electron chi connectivity index (χ1n) is 9.40. The van der Waals surface area contributed by atoms with E-state index in [9.17, 15) is 9.59 Å². The minimum atomic E-state index is -0.657. The van der Waals surface area contributed by atoms with Crippen molar-refractivity contribution in [1.29, 1.82) is 0 Å². The highest BCUT2D eigenvalue weighted by molar-refractivity contribution is 8.15. The van der Waals surface area contributed by atoms with Crippen LogP contribution >= 0.6 is 24.4 Å². The molecule has 0 aromatic carbocycles. The van der Waals surface area contributed by atoms with E-state index in [-0.39, 0.29) is 23.7 Å².